The highest BCUT2D eigenvalue weighted by Gasteiger charge is 2.43. The fraction of sp³-hybridized carbons (Fsp3) is 0.160. The van der Waals surface area contributed by atoms with Crippen LogP contribution in [0.4, 0.5) is 0 Å². The molecule has 4 aliphatic rings. The second-order valence-electron chi connectivity index (χ2n) is 18.5. The van der Waals surface area contributed by atoms with Crippen molar-refractivity contribution in [1.29, 1.82) is 0 Å². The fourth-order valence-electron chi connectivity index (χ4n) is 10.7. The zero-order valence-electron chi connectivity index (χ0n) is 32.4. The topological polar surface area (TPSA) is 19.1 Å². The van der Waals surface area contributed by atoms with Crippen molar-refractivity contribution < 1.29 is 4.74 Å². The number of hydrogen-bond donors (Lipinski definition) is 0. The largest absolute Gasteiger partial charge is 0.458 e. The summed E-state index contributed by atoms with van der Waals surface area (Å²) in [7, 11) is 0. The average Bonchev–Trinajstić information content (AvgIpc) is 3.70. The minimum absolute atomic E-state index is 0.0328. The summed E-state index contributed by atoms with van der Waals surface area (Å²) in [6, 6.07) is 46.6. The van der Waals surface area contributed by atoms with E-state index in [0.29, 0.717) is 0 Å². The molecule has 0 atom stereocenters. The molecule has 0 radical (unpaired) electrons. The number of rotatable bonds is 0. The predicted octanol–water partition coefficient (Wildman–Crippen LogP) is 8.71. The summed E-state index contributed by atoms with van der Waals surface area (Å²) in [5.74, 6) is 1.93. The standard InChI is InChI=1S/C50H38B2N2OS/c1-49(2,3)27-15-19-41-35(23-27)51-33-11-7-9-13-37(33)53-39-26-40-32(25-31(39)29-17-20-42(55-41)45(51)47(29)53)30-18-22-44-46-48(30)54(40)38-14-10-8-12-34(38)52(46)36-24-28(50(4,5)6)16-21-43(36)56-44/h7-26H,1-6H3. The summed E-state index contributed by atoms with van der Waals surface area (Å²) in [6.07, 6.45) is 0. The van der Waals surface area contributed by atoms with E-state index in [1.54, 1.807) is 0 Å². The number of hydrogen-bond acceptors (Lipinski definition) is 2. The van der Waals surface area contributed by atoms with Crippen LogP contribution in [0.25, 0.3) is 55.0 Å². The third-order valence-electron chi connectivity index (χ3n) is 13.3. The number of benzene rings is 7. The molecule has 7 aromatic carbocycles. The van der Waals surface area contributed by atoms with Crippen molar-refractivity contribution in [3.63, 3.8) is 0 Å². The van der Waals surface area contributed by atoms with Crippen LogP contribution in [-0.2, 0) is 10.8 Å². The number of para-hydroxylation sites is 2. The quantitative estimate of drug-likeness (QED) is 0.145. The molecule has 3 nitrogen and oxygen atoms in total. The second-order valence-corrected chi connectivity index (χ2v) is 19.6. The van der Waals surface area contributed by atoms with Gasteiger partial charge in [-0.1, -0.05) is 125 Å². The van der Waals surface area contributed by atoms with Crippen molar-refractivity contribution in [2.75, 3.05) is 0 Å². The maximum atomic E-state index is 6.81. The van der Waals surface area contributed by atoms with Crippen LogP contribution in [0.15, 0.2) is 131 Å². The number of fused-ring (bicyclic) bond motifs is 16. The molecular formula is C50H38B2N2OS. The Kier molecular flexibility index (Phi) is 5.77. The molecule has 266 valence electrons. The normalized spacial score (nSPS) is 14.6. The Labute approximate surface area is 331 Å². The molecule has 0 fully saturated rings. The first-order valence-corrected chi connectivity index (χ1v) is 20.8. The lowest BCUT2D eigenvalue weighted by Crippen LogP contribution is -2.58. The second kappa shape index (κ2) is 10.2. The van der Waals surface area contributed by atoms with Crippen molar-refractivity contribution in [2.45, 2.75) is 62.2 Å². The lowest BCUT2D eigenvalue weighted by Gasteiger charge is -2.34. The third kappa shape index (κ3) is 3.84. The van der Waals surface area contributed by atoms with Crippen molar-refractivity contribution >= 4 is 102 Å². The molecule has 0 unspecified atom stereocenters. The van der Waals surface area contributed by atoms with E-state index in [9.17, 15) is 0 Å². The van der Waals surface area contributed by atoms with E-state index in [1.165, 1.54) is 109 Å². The minimum Gasteiger partial charge on any atom is -0.458 e. The van der Waals surface area contributed by atoms with Crippen LogP contribution in [0.5, 0.6) is 11.5 Å². The lowest BCUT2D eigenvalue weighted by atomic mass is 9.34. The molecule has 0 saturated heterocycles. The molecule has 0 saturated carbocycles. The summed E-state index contributed by atoms with van der Waals surface area (Å²) in [6.45, 7) is 14.2. The molecule has 56 heavy (non-hydrogen) atoms. The van der Waals surface area contributed by atoms with Crippen LogP contribution >= 0.6 is 11.8 Å². The van der Waals surface area contributed by atoms with Crippen LogP contribution in [0.2, 0.25) is 0 Å². The van der Waals surface area contributed by atoms with Gasteiger partial charge in [0.05, 0.1) is 22.1 Å². The van der Waals surface area contributed by atoms with Gasteiger partial charge in [0.25, 0.3) is 6.71 Å². The van der Waals surface area contributed by atoms with Gasteiger partial charge in [-0.2, -0.15) is 0 Å². The van der Waals surface area contributed by atoms with Gasteiger partial charge in [0.1, 0.15) is 11.5 Å². The molecular weight excluding hydrogens is 698 g/mol. The van der Waals surface area contributed by atoms with E-state index in [0.717, 1.165) is 11.5 Å². The van der Waals surface area contributed by atoms with E-state index in [4.69, 9.17) is 4.74 Å². The Hall–Kier alpha value is -5.58. The van der Waals surface area contributed by atoms with E-state index in [1.807, 2.05) is 11.8 Å². The molecule has 0 amide bonds. The van der Waals surface area contributed by atoms with Gasteiger partial charge in [0, 0.05) is 42.7 Å². The van der Waals surface area contributed by atoms with E-state index in [2.05, 4.69) is 172 Å². The van der Waals surface area contributed by atoms with Crippen LogP contribution in [0, 0.1) is 0 Å². The Balaban J connectivity index is 1.13. The fourth-order valence-corrected chi connectivity index (χ4v) is 11.8. The highest BCUT2D eigenvalue weighted by Crippen LogP contribution is 2.45. The molecule has 4 aliphatic heterocycles. The van der Waals surface area contributed by atoms with Crippen molar-refractivity contribution in [3.8, 4) is 22.9 Å². The van der Waals surface area contributed by atoms with Crippen LogP contribution < -0.4 is 37.5 Å². The summed E-state index contributed by atoms with van der Waals surface area (Å²) in [4.78, 5) is 2.74. The van der Waals surface area contributed by atoms with Gasteiger partial charge in [0.15, 0.2) is 0 Å². The smallest absolute Gasteiger partial charge is 0.256 e. The maximum Gasteiger partial charge on any atom is 0.256 e. The number of aromatic nitrogens is 2. The maximum absolute atomic E-state index is 6.81. The van der Waals surface area contributed by atoms with Crippen molar-refractivity contribution in [1.82, 2.24) is 9.13 Å². The highest BCUT2D eigenvalue weighted by atomic mass is 32.2. The van der Waals surface area contributed by atoms with E-state index in [-0.39, 0.29) is 24.3 Å². The molecule has 2 aromatic heterocycles. The predicted molar refractivity (Wildman–Crippen MR) is 239 cm³/mol. The molecule has 0 N–H and O–H groups in total. The molecule has 0 bridgehead atoms. The van der Waals surface area contributed by atoms with Gasteiger partial charge < -0.3 is 13.9 Å². The summed E-state index contributed by atoms with van der Waals surface area (Å²) in [5.41, 5.74) is 18.6. The average molecular weight is 737 g/mol. The van der Waals surface area contributed by atoms with Gasteiger partial charge in [-0.25, -0.2) is 0 Å². The lowest BCUT2D eigenvalue weighted by molar-refractivity contribution is 0.486. The molecule has 6 heteroatoms. The van der Waals surface area contributed by atoms with E-state index >= 15 is 0 Å². The first kappa shape index (κ1) is 31.6. The van der Waals surface area contributed by atoms with Gasteiger partial charge in [-0.05, 0) is 104 Å². The van der Waals surface area contributed by atoms with Gasteiger partial charge in [0.2, 0.25) is 6.71 Å². The number of ether oxygens (including phenoxy) is 1. The van der Waals surface area contributed by atoms with Gasteiger partial charge in [-0.15, -0.1) is 0 Å². The highest BCUT2D eigenvalue weighted by molar-refractivity contribution is 8.00. The summed E-state index contributed by atoms with van der Waals surface area (Å²) < 4.78 is 12.0. The first-order valence-electron chi connectivity index (χ1n) is 20.0. The Bertz CT molecular complexity index is 3090. The molecule has 0 aliphatic carbocycles. The molecule has 6 heterocycles. The molecule has 9 aromatic rings. The Morgan fingerprint density at radius 1 is 0.464 bits per heavy atom. The van der Waals surface area contributed by atoms with Crippen molar-refractivity contribution in [3.05, 3.63) is 132 Å². The Morgan fingerprint density at radius 2 is 1.00 bits per heavy atom. The van der Waals surface area contributed by atoms with Crippen LogP contribution in [0.1, 0.15) is 52.7 Å². The molecule has 0 spiro atoms. The first-order chi connectivity index (χ1) is 27.0. The summed E-state index contributed by atoms with van der Waals surface area (Å²) in [5, 5.41) is 5.21. The third-order valence-corrected chi connectivity index (χ3v) is 14.5. The zero-order valence-corrected chi connectivity index (χ0v) is 33.2. The Morgan fingerprint density at radius 3 is 1.66 bits per heavy atom. The monoisotopic (exact) mass is 736 g/mol. The number of nitrogens with zero attached hydrogens (tertiary/aromatic N) is 2. The van der Waals surface area contributed by atoms with Crippen LogP contribution in [0.3, 0.4) is 0 Å². The van der Waals surface area contributed by atoms with Crippen molar-refractivity contribution in [2.24, 2.45) is 0 Å². The van der Waals surface area contributed by atoms with E-state index < -0.39 is 0 Å². The SMILES string of the molecule is CC(C)(C)c1ccc2c(c1)B1c3ccccc3-n3c4cc5c(cc4c4ccc(c1c43)O2)c1ccc2c3c1n5-c1ccccc1B3c1cc(C(C)(C)C)ccc1S2. The van der Waals surface area contributed by atoms with Gasteiger partial charge >= 0.3 is 0 Å². The zero-order chi connectivity index (χ0) is 37.6. The summed E-state index contributed by atoms with van der Waals surface area (Å²) >= 11 is 1.94. The van der Waals surface area contributed by atoms with Gasteiger partial charge in [-0.3, -0.25) is 0 Å². The minimum atomic E-state index is 0.0328. The molecule has 13 rings (SSSR count). The van der Waals surface area contributed by atoms with Crippen LogP contribution in [-0.4, -0.2) is 22.6 Å².